The molecule has 0 amide bonds. The number of hydrogen-bond acceptors (Lipinski definition) is 1. The molecule has 1 N–H and O–H groups in total. The molecule has 1 nitrogen and oxygen atoms in total. The van der Waals surface area contributed by atoms with Gasteiger partial charge in [-0.25, -0.2) is 0 Å². The third kappa shape index (κ3) is 3.63. The maximum absolute atomic E-state index is 10.9. The van der Waals surface area contributed by atoms with E-state index in [-0.39, 0.29) is 5.75 Å². The van der Waals surface area contributed by atoms with Gasteiger partial charge in [-0.15, -0.1) is 0 Å². The van der Waals surface area contributed by atoms with E-state index in [1.807, 2.05) is 24.3 Å². The Labute approximate surface area is 198 Å². The molecule has 0 atom stereocenters. The summed E-state index contributed by atoms with van der Waals surface area (Å²) in [5, 5.41) is 11.9. The van der Waals surface area contributed by atoms with Crippen molar-refractivity contribution in [3.05, 3.63) is 118 Å². The average Bonchev–Trinajstić information content (AvgIpc) is 2.79. The van der Waals surface area contributed by atoms with Crippen LogP contribution in [0.15, 0.2) is 108 Å². The van der Waals surface area contributed by atoms with E-state index in [2.05, 4.69) is 104 Å². The normalized spacial score (nSPS) is 12.8. The van der Waals surface area contributed by atoms with E-state index < -0.39 is 5.31 Å². The number of aromatic hydroxyl groups is 1. The summed E-state index contributed by atoms with van der Waals surface area (Å²) in [6, 6.07) is 35.1. The molecule has 4 aromatic carbocycles. The number of phenolic OH excluding ortho intramolecular Hbond substituents is 1. The summed E-state index contributed by atoms with van der Waals surface area (Å²) >= 11 is 14.2. The van der Waals surface area contributed by atoms with Gasteiger partial charge in [-0.3, -0.25) is 0 Å². The quantitative estimate of drug-likeness (QED) is 0.256. The van der Waals surface area contributed by atoms with E-state index in [1.165, 1.54) is 15.9 Å². The molecule has 0 unspecified atom stereocenters. The van der Waals surface area contributed by atoms with E-state index in [4.69, 9.17) is 11.6 Å². The standard InChI is InChI=1S/C25H20Br2ClOP/c26-24-17-20(28)16-19(25(24)29)18-30(27,21-10-4-1-5-11-21,22-12-6-2-7-13-22)23-14-8-3-9-15-23/h1-17,29H,18H2. The van der Waals surface area contributed by atoms with Gasteiger partial charge in [0.05, 0.1) is 0 Å². The second-order valence-corrected chi connectivity index (χ2v) is 17.5. The summed E-state index contributed by atoms with van der Waals surface area (Å²) in [6.07, 6.45) is 0.578. The van der Waals surface area contributed by atoms with Crippen LogP contribution >= 0.6 is 48.3 Å². The van der Waals surface area contributed by atoms with Gasteiger partial charge in [0, 0.05) is 0 Å². The molecule has 0 saturated carbocycles. The fourth-order valence-corrected chi connectivity index (χ4v) is 12.5. The molecule has 4 aromatic rings. The summed E-state index contributed by atoms with van der Waals surface area (Å²) in [5.41, 5.74) is 0.792. The van der Waals surface area contributed by atoms with Crippen molar-refractivity contribution in [3.63, 3.8) is 0 Å². The monoisotopic (exact) mass is 560 g/mol. The van der Waals surface area contributed by atoms with E-state index >= 15 is 0 Å². The SMILES string of the molecule is Oc1c(Br)cc(Cl)cc1CP(Br)(c1ccccc1)(c1ccccc1)c1ccccc1. The van der Waals surface area contributed by atoms with Gasteiger partial charge in [-0.05, 0) is 0 Å². The molecule has 5 heteroatoms. The van der Waals surface area contributed by atoms with Crippen LogP contribution in [-0.4, -0.2) is 5.11 Å². The van der Waals surface area contributed by atoms with Crippen LogP contribution in [0.2, 0.25) is 5.02 Å². The van der Waals surface area contributed by atoms with Crippen molar-refractivity contribution in [1.82, 2.24) is 0 Å². The first kappa shape index (κ1) is 21.6. The predicted molar refractivity (Wildman–Crippen MR) is 139 cm³/mol. The fourth-order valence-electron chi connectivity index (χ4n) is 4.00. The Morgan fingerprint density at radius 3 is 1.50 bits per heavy atom. The molecule has 0 aliphatic rings. The van der Waals surface area contributed by atoms with Gasteiger partial charge in [-0.1, -0.05) is 0 Å². The van der Waals surface area contributed by atoms with Gasteiger partial charge in [0.1, 0.15) is 0 Å². The van der Waals surface area contributed by atoms with E-state index in [0.29, 0.717) is 15.7 Å². The zero-order valence-electron chi connectivity index (χ0n) is 16.1. The second-order valence-electron chi connectivity index (χ2n) is 7.24. The molecular formula is C25H20Br2ClOP. The maximum atomic E-state index is 10.9. The van der Waals surface area contributed by atoms with Gasteiger partial charge >= 0.3 is 199 Å². The predicted octanol–water partition coefficient (Wildman–Crippen LogP) is 7.15. The molecule has 0 fully saturated rings. The van der Waals surface area contributed by atoms with Crippen LogP contribution in [0, 0.1) is 0 Å². The molecule has 0 aliphatic heterocycles. The van der Waals surface area contributed by atoms with E-state index in [1.54, 1.807) is 6.07 Å². The van der Waals surface area contributed by atoms with Gasteiger partial charge < -0.3 is 0 Å². The molecule has 30 heavy (non-hydrogen) atoms. The minimum atomic E-state index is -3.19. The molecule has 4 rings (SSSR count). The number of hydrogen-bond donors (Lipinski definition) is 1. The zero-order valence-corrected chi connectivity index (χ0v) is 20.9. The molecule has 0 aliphatic carbocycles. The van der Waals surface area contributed by atoms with Gasteiger partial charge in [-0.2, -0.15) is 0 Å². The third-order valence-electron chi connectivity index (χ3n) is 5.46. The van der Waals surface area contributed by atoms with Crippen LogP contribution in [0.3, 0.4) is 0 Å². The van der Waals surface area contributed by atoms with Crippen molar-refractivity contribution in [2.45, 2.75) is 6.16 Å². The van der Waals surface area contributed by atoms with E-state index in [0.717, 1.165) is 5.56 Å². The number of benzene rings is 4. The van der Waals surface area contributed by atoms with Gasteiger partial charge in [0.15, 0.2) is 0 Å². The minimum absolute atomic E-state index is 0.218. The zero-order chi connectivity index (χ0) is 21.2. The Balaban J connectivity index is 2.12. The third-order valence-corrected chi connectivity index (χ3v) is 15.8. The van der Waals surface area contributed by atoms with Crippen LogP contribution in [0.1, 0.15) is 5.56 Å². The van der Waals surface area contributed by atoms with Gasteiger partial charge in [0.25, 0.3) is 0 Å². The number of phenols is 1. The molecule has 0 aromatic heterocycles. The molecule has 0 bridgehead atoms. The van der Waals surface area contributed by atoms with Crippen LogP contribution in [0.5, 0.6) is 5.75 Å². The number of rotatable bonds is 5. The molecule has 0 heterocycles. The summed E-state index contributed by atoms with van der Waals surface area (Å²) in [6.45, 7) is 0. The van der Waals surface area contributed by atoms with Crippen molar-refractivity contribution < 1.29 is 5.11 Å². The first-order chi connectivity index (χ1) is 14.4. The Kier molecular flexibility index (Phi) is 6.10. The first-order valence-corrected chi connectivity index (χ1v) is 15.1. The van der Waals surface area contributed by atoms with Gasteiger partial charge in [0.2, 0.25) is 0 Å². The second kappa shape index (κ2) is 8.48. The molecular weight excluding hydrogens is 543 g/mol. The van der Waals surface area contributed by atoms with Crippen LogP contribution < -0.4 is 15.9 Å². The van der Waals surface area contributed by atoms with Crippen molar-refractivity contribution in [1.29, 1.82) is 0 Å². The Hall–Kier alpha value is -1.64. The molecule has 152 valence electrons. The summed E-state index contributed by atoms with van der Waals surface area (Å²) in [5.74, 6) is 0.218. The summed E-state index contributed by atoms with van der Waals surface area (Å²) < 4.78 is 0.594. The average molecular weight is 563 g/mol. The van der Waals surface area contributed by atoms with Crippen molar-refractivity contribution in [3.8, 4) is 5.75 Å². The van der Waals surface area contributed by atoms with Crippen molar-refractivity contribution >= 4 is 64.2 Å². The first-order valence-electron chi connectivity index (χ1n) is 9.50. The summed E-state index contributed by atoms with van der Waals surface area (Å²) in [7, 11) is 0. The molecule has 0 spiro atoms. The van der Waals surface area contributed by atoms with E-state index in [9.17, 15) is 5.11 Å². The Morgan fingerprint density at radius 1 is 0.700 bits per heavy atom. The fraction of sp³-hybridized carbons (Fsp3) is 0.0400. The Morgan fingerprint density at radius 2 is 1.10 bits per heavy atom. The van der Waals surface area contributed by atoms with Crippen LogP contribution in [0.4, 0.5) is 0 Å². The Bertz CT molecular complexity index is 1070. The summed E-state index contributed by atoms with van der Waals surface area (Å²) in [4.78, 5) is 0. The molecule has 0 saturated heterocycles. The van der Waals surface area contributed by atoms with Crippen LogP contribution in [0.25, 0.3) is 0 Å². The van der Waals surface area contributed by atoms with Crippen LogP contribution in [-0.2, 0) is 6.16 Å². The molecule has 0 radical (unpaired) electrons. The number of halogens is 3. The van der Waals surface area contributed by atoms with Crippen molar-refractivity contribution in [2.24, 2.45) is 0 Å². The topological polar surface area (TPSA) is 20.2 Å². The van der Waals surface area contributed by atoms with Crippen molar-refractivity contribution in [2.75, 3.05) is 0 Å².